The summed E-state index contributed by atoms with van der Waals surface area (Å²) in [5, 5.41) is 0.509. The minimum atomic E-state index is -0.978. The second kappa shape index (κ2) is 6.47. The summed E-state index contributed by atoms with van der Waals surface area (Å²) < 4.78 is 11.6. The van der Waals surface area contributed by atoms with Crippen LogP contribution in [0.4, 0.5) is 0 Å². The molecule has 122 valence electrons. The van der Waals surface area contributed by atoms with E-state index in [4.69, 9.17) is 21.1 Å². The second-order valence-corrected chi connectivity index (χ2v) is 6.92. The molecule has 0 aromatic heterocycles. The Bertz CT molecular complexity index is 549. The minimum Gasteiger partial charge on any atom is -0.476 e. The zero-order valence-electron chi connectivity index (χ0n) is 13.9. The van der Waals surface area contributed by atoms with E-state index in [9.17, 15) is 4.79 Å². The van der Waals surface area contributed by atoms with Crippen molar-refractivity contribution in [1.82, 2.24) is 4.90 Å². The molecule has 0 radical (unpaired) electrons. The molecule has 0 bridgehead atoms. The quantitative estimate of drug-likeness (QED) is 0.854. The summed E-state index contributed by atoms with van der Waals surface area (Å²) in [6.07, 6.45) is 0.0668. The maximum atomic E-state index is 12.8. The maximum Gasteiger partial charge on any atom is 0.266 e. The molecule has 1 aromatic carbocycles. The Morgan fingerprint density at radius 3 is 2.50 bits per heavy atom. The van der Waals surface area contributed by atoms with Gasteiger partial charge in [0.25, 0.3) is 5.91 Å². The molecule has 1 fully saturated rings. The van der Waals surface area contributed by atoms with Crippen molar-refractivity contribution in [2.75, 3.05) is 13.1 Å². The summed E-state index contributed by atoms with van der Waals surface area (Å²) in [7, 11) is 0. The number of aryl methyl sites for hydroxylation is 1. The van der Waals surface area contributed by atoms with E-state index in [0.29, 0.717) is 23.9 Å². The summed E-state index contributed by atoms with van der Waals surface area (Å²) in [5.41, 5.74) is 0.0602. The monoisotopic (exact) mass is 325 g/mol. The van der Waals surface area contributed by atoms with Crippen molar-refractivity contribution in [3.63, 3.8) is 0 Å². The van der Waals surface area contributed by atoms with Crippen molar-refractivity contribution in [3.05, 3.63) is 28.8 Å². The maximum absolute atomic E-state index is 12.8. The minimum absolute atomic E-state index is 0.0334. The fraction of sp³-hybridized carbons (Fsp3) is 0.588. The number of hydrogen-bond donors (Lipinski definition) is 0. The Morgan fingerprint density at radius 2 is 1.91 bits per heavy atom. The Hall–Kier alpha value is -1.26. The van der Waals surface area contributed by atoms with Crippen LogP contribution in [0.2, 0.25) is 5.02 Å². The SMILES string of the molecule is Cc1ccc(Cl)c(OC(C)(C)C(=O)N2CC(C)OC(C)C2)c1. The van der Waals surface area contributed by atoms with E-state index >= 15 is 0 Å². The summed E-state index contributed by atoms with van der Waals surface area (Å²) in [5.74, 6) is 0.487. The van der Waals surface area contributed by atoms with E-state index in [2.05, 4.69) is 0 Å². The van der Waals surface area contributed by atoms with Gasteiger partial charge in [0.05, 0.1) is 17.2 Å². The molecule has 0 aliphatic carbocycles. The highest BCUT2D eigenvalue weighted by molar-refractivity contribution is 6.32. The molecule has 1 aliphatic rings. The predicted octanol–water partition coefficient (Wildman–Crippen LogP) is 3.44. The Balaban J connectivity index is 2.15. The van der Waals surface area contributed by atoms with Crippen LogP contribution >= 0.6 is 11.6 Å². The molecule has 22 heavy (non-hydrogen) atoms. The van der Waals surface area contributed by atoms with Crippen molar-refractivity contribution in [3.8, 4) is 5.75 Å². The molecule has 0 saturated carbocycles. The van der Waals surface area contributed by atoms with Gasteiger partial charge in [-0.2, -0.15) is 0 Å². The van der Waals surface area contributed by atoms with Crippen LogP contribution in [0.15, 0.2) is 18.2 Å². The van der Waals surface area contributed by atoms with Gasteiger partial charge in [0, 0.05) is 13.1 Å². The van der Waals surface area contributed by atoms with Gasteiger partial charge in [0.15, 0.2) is 5.60 Å². The summed E-state index contributed by atoms with van der Waals surface area (Å²) in [4.78, 5) is 14.6. The molecular formula is C17H24ClNO3. The van der Waals surface area contributed by atoms with Gasteiger partial charge in [0.1, 0.15) is 5.75 Å². The number of hydrogen-bond acceptors (Lipinski definition) is 3. The number of ether oxygens (including phenoxy) is 2. The van der Waals surface area contributed by atoms with Crippen LogP contribution in [-0.4, -0.2) is 41.7 Å². The fourth-order valence-electron chi connectivity index (χ4n) is 2.73. The third-order valence-electron chi connectivity index (χ3n) is 3.67. The molecular weight excluding hydrogens is 302 g/mol. The highest BCUT2D eigenvalue weighted by Gasteiger charge is 2.37. The molecule has 0 N–H and O–H groups in total. The van der Waals surface area contributed by atoms with Crippen molar-refractivity contribution in [2.24, 2.45) is 0 Å². The van der Waals surface area contributed by atoms with Gasteiger partial charge in [-0.25, -0.2) is 0 Å². The van der Waals surface area contributed by atoms with Crippen LogP contribution in [0.25, 0.3) is 0 Å². The van der Waals surface area contributed by atoms with Gasteiger partial charge in [-0.15, -0.1) is 0 Å². The van der Waals surface area contributed by atoms with Crippen LogP contribution < -0.4 is 4.74 Å². The number of carbonyl (C=O) groups is 1. The Morgan fingerprint density at radius 1 is 1.32 bits per heavy atom. The first-order valence-corrected chi connectivity index (χ1v) is 7.97. The normalized spacial score (nSPS) is 22.5. The van der Waals surface area contributed by atoms with E-state index in [1.165, 1.54) is 0 Å². The van der Waals surface area contributed by atoms with Crippen molar-refractivity contribution < 1.29 is 14.3 Å². The van der Waals surface area contributed by atoms with Crippen molar-refractivity contribution in [1.29, 1.82) is 0 Å². The lowest BCUT2D eigenvalue weighted by molar-refractivity contribution is -0.156. The van der Waals surface area contributed by atoms with Crippen LogP contribution in [0.5, 0.6) is 5.75 Å². The van der Waals surface area contributed by atoms with E-state index in [-0.39, 0.29) is 18.1 Å². The third-order valence-corrected chi connectivity index (χ3v) is 3.99. The fourth-order valence-corrected chi connectivity index (χ4v) is 2.89. The number of morpholine rings is 1. The standard InChI is InChI=1S/C17H24ClNO3/c1-11-6-7-14(18)15(8-11)22-17(4,5)16(20)19-9-12(2)21-13(3)10-19/h6-8,12-13H,9-10H2,1-5H3. The Labute approximate surface area is 137 Å². The molecule has 2 unspecified atom stereocenters. The lowest BCUT2D eigenvalue weighted by Crippen LogP contribution is -2.55. The molecule has 4 nitrogen and oxygen atoms in total. The van der Waals surface area contributed by atoms with Gasteiger partial charge in [-0.1, -0.05) is 17.7 Å². The molecule has 1 amide bonds. The smallest absolute Gasteiger partial charge is 0.266 e. The number of benzene rings is 1. The molecule has 0 spiro atoms. The largest absolute Gasteiger partial charge is 0.476 e. The van der Waals surface area contributed by atoms with Crippen molar-refractivity contribution in [2.45, 2.75) is 52.4 Å². The number of halogens is 1. The lowest BCUT2D eigenvalue weighted by atomic mass is 10.1. The Kier molecular flexibility index (Phi) is 5.03. The third kappa shape index (κ3) is 3.93. The summed E-state index contributed by atoms with van der Waals surface area (Å²) >= 11 is 6.17. The second-order valence-electron chi connectivity index (χ2n) is 6.51. The topological polar surface area (TPSA) is 38.8 Å². The van der Waals surface area contributed by atoms with Crippen LogP contribution in [0, 0.1) is 6.92 Å². The van der Waals surface area contributed by atoms with Gasteiger partial charge < -0.3 is 14.4 Å². The lowest BCUT2D eigenvalue weighted by Gasteiger charge is -2.39. The van der Waals surface area contributed by atoms with Crippen LogP contribution in [0.1, 0.15) is 33.3 Å². The zero-order chi connectivity index (χ0) is 16.5. The van der Waals surface area contributed by atoms with E-state index in [1.54, 1.807) is 19.9 Å². The molecule has 2 rings (SSSR count). The molecule has 1 saturated heterocycles. The van der Waals surface area contributed by atoms with Crippen molar-refractivity contribution >= 4 is 17.5 Å². The highest BCUT2D eigenvalue weighted by Crippen LogP contribution is 2.30. The van der Waals surface area contributed by atoms with E-state index < -0.39 is 5.60 Å². The zero-order valence-corrected chi connectivity index (χ0v) is 14.6. The molecule has 1 aliphatic heterocycles. The van der Waals surface area contributed by atoms with Gasteiger partial charge in [0.2, 0.25) is 0 Å². The average Bonchev–Trinajstić information content (AvgIpc) is 2.40. The predicted molar refractivity (Wildman–Crippen MR) is 87.5 cm³/mol. The number of carbonyl (C=O) groups excluding carboxylic acids is 1. The molecule has 1 aromatic rings. The van der Waals surface area contributed by atoms with Gasteiger partial charge in [-0.05, 0) is 52.3 Å². The summed E-state index contributed by atoms with van der Waals surface area (Å²) in [6, 6.07) is 5.54. The molecule has 1 heterocycles. The van der Waals surface area contributed by atoms with E-state index in [0.717, 1.165) is 5.56 Å². The highest BCUT2D eigenvalue weighted by atomic mass is 35.5. The molecule has 2 atom stereocenters. The first kappa shape index (κ1) is 17.1. The number of nitrogens with zero attached hydrogens (tertiary/aromatic N) is 1. The van der Waals surface area contributed by atoms with Crippen LogP contribution in [0.3, 0.4) is 0 Å². The first-order chi connectivity index (χ1) is 10.2. The van der Waals surface area contributed by atoms with E-state index in [1.807, 2.05) is 37.8 Å². The summed E-state index contributed by atoms with van der Waals surface area (Å²) in [6.45, 7) is 10.6. The number of rotatable bonds is 3. The van der Waals surface area contributed by atoms with Gasteiger partial charge >= 0.3 is 0 Å². The van der Waals surface area contributed by atoms with Crippen LogP contribution in [-0.2, 0) is 9.53 Å². The first-order valence-electron chi connectivity index (χ1n) is 7.59. The van der Waals surface area contributed by atoms with Gasteiger partial charge in [-0.3, -0.25) is 4.79 Å². The average molecular weight is 326 g/mol. The molecule has 5 heteroatoms. The number of amides is 1.